The van der Waals surface area contributed by atoms with Crippen molar-refractivity contribution in [3.05, 3.63) is 69.8 Å². The highest BCUT2D eigenvalue weighted by Crippen LogP contribution is 2.39. The minimum Gasteiger partial charge on any atom is -0.286 e. The van der Waals surface area contributed by atoms with E-state index in [1.807, 2.05) is 0 Å². The highest BCUT2D eigenvalue weighted by Gasteiger charge is 2.35. The molecule has 0 bridgehead atoms. The third-order valence-electron chi connectivity index (χ3n) is 3.68. The van der Waals surface area contributed by atoms with Gasteiger partial charge in [0.05, 0.1) is 22.8 Å². The molecule has 4 nitrogen and oxygen atoms in total. The van der Waals surface area contributed by atoms with Crippen LogP contribution in [-0.4, -0.2) is 18.7 Å². The standard InChI is InChI=1S/C16H10ClF4NO3S/c17-12-5-13(19)16(21)14(15(12)20)11(7-26(23,24)25)10(6-22)8-1-3-9(18)4-2-8/h1-5,10-11H,7H2,(H,23,24,25). The van der Waals surface area contributed by atoms with Gasteiger partial charge in [-0.2, -0.15) is 13.7 Å². The number of benzene rings is 2. The van der Waals surface area contributed by atoms with Crippen molar-refractivity contribution in [1.29, 1.82) is 5.26 Å². The molecule has 138 valence electrons. The van der Waals surface area contributed by atoms with Crippen molar-refractivity contribution in [3.63, 3.8) is 0 Å². The number of rotatable bonds is 5. The van der Waals surface area contributed by atoms with Crippen molar-refractivity contribution in [1.82, 2.24) is 0 Å². The summed E-state index contributed by atoms with van der Waals surface area (Å²) in [6, 6.07) is 6.14. The number of nitriles is 1. The molecule has 26 heavy (non-hydrogen) atoms. The molecule has 2 unspecified atom stereocenters. The summed E-state index contributed by atoms with van der Waals surface area (Å²) in [6.07, 6.45) is 0. The van der Waals surface area contributed by atoms with Gasteiger partial charge in [-0.3, -0.25) is 4.55 Å². The zero-order chi connectivity index (χ0) is 19.6. The maximum absolute atomic E-state index is 14.4. The Balaban J connectivity index is 2.72. The van der Waals surface area contributed by atoms with Crippen molar-refractivity contribution >= 4 is 21.7 Å². The van der Waals surface area contributed by atoms with Crippen LogP contribution in [0.2, 0.25) is 5.02 Å². The second kappa shape index (κ2) is 7.61. The van der Waals surface area contributed by atoms with E-state index < -0.39 is 61.6 Å². The molecule has 0 heterocycles. The third-order valence-corrected chi connectivity index (χ3v) is 4.73. The summed E-state index contributed by atoms with van der Waals surface area (Å²) in [5.74, 6) is -10.1. The van der Waals surface area contributed by atoms with Crippen molar-refractivity contribution in [2.45, 2.75) is 11.8 Å². The predicted molar refractivity (Wildman–Crippen MR) is 85.2 cm³/mol. The highest BCUT2D eigenvalue weighted by molar-refractivity contribution is 7.85. The van der Waals surface area contributed by atoms with Gasteiger partial charge in [-0.1, -0.05) is 23.7 Å². The van der Waals surface area contributed by atoms with Crippen LogP contribution in [0.15, 0.2) is 30.3 Å². The lowest BCUT2D eigenvalue weighted by Gasteiger charge is -2.23. The van der Waals surface area contributed by atoms with Crippen molar-refractivity contribution in [2.75, 3.05) is 5.75 Å². The molecule has 2 aromatic carbocycles. The van der Waals surface area contributed by atoms with E-state index in [1.165, 1.54) is 0 Å². The Morgan fingerprint density at radius 2 is 1.69 bits per heavy atom. The normalized spacial score (nSPS) is 13.9. The summed E-state index contributed by atoms with van der Waals surface area (Å²) in [4.78, 5) is 0. The summed E-state index contributed by atoms with van der Waals surface area (Å²) in [6.45, 7) is 0. The Morgan fingerprint density at radius 3 is 2.19 bits per heavy atom. The van der Waals surface area contributed by atoms with Crippen LogP contribution >= 0.6 is 11.6 Å². The van der Waals surface area contributed by atoms with Gasteiger partial charge in [-0.15, -0.1) is 0 Å². The van der Waals surface area contributed by atoms with Crippen molar-refractivity contribution in [3.8, 4) is 6.07 Å². The number of hydrogen-bond acceptors (Lipinski definition) is 3. The molecule has 2 atom stereocenters. The minimum absolute atomic E-state index is 0.0155. The minimum atomic E-state index is -4.83. The second-order valence-electron chi connectivity index (χ2n) is 5.40. The van der Waals surface area contributed by atoms with Crippen LogP contribution in [0.25, 0.3) is 0 Å². The van der Waals surface area contributed by atoms with Crippen LogP contribution in [0.1, 0.15) is 23.0 Å². The Hall–Kier alpha value is -2.15. The molecule has 0 spiro atoms. The van der Waals surface area contributed by atoms with Gasteiger partial charge in [0.2, 0.25) is 0 Å². The Kier molecular flexibility index (Phi) is 5.91. The topological polar surface area (TPSA) is 78.2 Å². The fourth-order valence-corrected chi connectivity index (χ4v) is 3.57. The summed E-state index contributed by atoms with van der Waals surface area (Å²) in [5, 5.41) is 8.58. The maximum Gasteiger partial charge on any atom is 0.265 e. The van der Waals surface area contributed by atoms with Crippen LogP contribution in [0.5, 0.6) is 0 Å². The van der Waals surface area contributed by atoms with Gasteiger partial charge in [0.1, 0.15) is 11.6 Å². The first kappa shape index (κ1) is 20.2. The molecule has 0 radical (unpaired) electrons. The average molecular weight is 408 g/mol. The second-order valence-corrected chi connectivity index (χ2v) is 7.30. The van der Waals surface area contributed by atoms with Crippen LogP contribution < -0.4 is 0 Å². The molecule has 0 fully saturated rings. The first-order chi connectivity index (χ1) is 12.0. The monoisotopic (exact) mass is 407 g/mol. The predicted octanol–water partition coefficient (Wildman–Crippen LogP) is 4.18. The van der Waals surface area contributed by atoms with Gasteiger partial charge >= 0.3 is 0 Å². The highest BCUT2D eigenvalue weighted by atomic mass is 35.5. The van der Waals surface area contributed by atoms with E-state index >= 15 is 0 Å². The van der Waals surface area contributed by atoms with E-state index in [9.17, 15) is 31.2 Å². The molecule has 1 N–H and O–H groups in total. The molecule has 0 aliphatic rings. The zero-order valence-corrected chi connectivity index (χ0v) is 14.3. The smallest absolute Gasteiger partial charge is 0.265 e. The van der Waals surface area contributed by atoms with Crippen LogP contribution in [0, 0.1) is 34.6 Å². The van der Waals surface area contributed by atoms with Gasteiger partial charge < -0.3 is 0 Å². The van der Waals surface area contributed by atoms with E-state index in [4.69, 9.17) is 16.2 Å². The lowest BCUT2D eigenvalue weighted by Crippen LogP contribution is -2.23. The lowest BCUT2D eigenvalue weighted by molar-refractivity contribution is 0.449. The van der Waals surface area contributed by atoms with Crippen LogP contribution in [-0.2, 0) is 10.1 Å². The van der Waals surface area contributed by atoms with E-state index in [2.05, 4.69) is 0 Å². The van der Waals surface area contributed by atoms with Gasteiger partial charge in [-0.05, 0) is 23.8 Å². The van der Waals surface area contributed by atoms with Gasteiger partial charge in [-0.25, -0.2) is 17.6 Å². The SMILES string of the molecule is N#CC(c1ccc(F)cc1)C(CS(=O)(=O)O)c1c(F)c(F)cc(Cl)c1F. The van der Waals surface area contributed by atoms with E-state index in [0.717, 1.165) is 24.3 Å². The molecule has 0 aliphatic heterocycles. The van der Waals surface area contributed by atoms with Crippen LogP contribution in [0.3, 0.4) is 0 Å². The molecule has 0 aliphatic carbocycles. The largest absolute Gasteiger partial charge is 0.286 e. The van der Waals surface area contributed by atoms with Crippen molar-refractivity contribution in [2.24, 2.45) is 0 Å². The first-order valence-corrected chi connectivity index (χ1v) is 8.97. The van der Waals surface area contributed by atoms with E-state index in [1.54, 1.807) is 6.07 Å². The zero-order valence-electron chi connectivity index (χ0n) is 12.8. The molecular weight excluding hydrogens is 398 g/mol. The number of hydrogen-bond donors (Lipinski definition) is 1. The van der Waals surface area contributed by atoms with Crippen molar-refractivity contribution < 1.29 is 30.5 Å². The first-order valence-electron chi connectivity index (χ1n) is 6.98. The number of halogens is 5. The molecule has 2 rings (SSSR count). The Morgan fingerprint density at radius 1 is 1.12 bits per heavy atom. The average Bonchev–Trinajstić information content (AvgIpc) is 2.54. The summed E-state index contributed by atoms with van der Waals surface area (Å²) < 4.78 is 87.1. The van der Waals surface area contributed by atoms with Gasteiger partial charge in [0.25, 0.3) is 10.1 Å². The molecule has 0 saturated heterocycles. The van der Waals surface area contributed by atoms with E-state index in [0.29, 0.717) is 6.07 Å². The fraction of sp³-hybridized carbons (Fsp3) is 0.188. The number of nitrogens with zero attached hydrogens (tertiary/aromatic N) is 1. The summed E-state index contributed by atoms with van der Waals surface area (Å²) in [7, 11) is -4.83. The maximum atomic E-state index is 14.4. The summed E-state index contributed by atoms with van der Waals surface area (Å²) in [5.41, 5.74) is -1.08. The Labute approximate surface area is 151 Å². The van der Waals surface area contributed by atoms with Crippen LogP contribution in [0.4, 0.5) is 17.6 Å². The van der Waals surface area contributed by atoms with Gasteiger partial charge in [0, 0.05) is 11.5 Å². The van der Waals surface area contributed by atoms with E-state index in [-0.39, 0.29) is 5.56 Å². The lowest BCUT2D eigenvalue weighted by atomic mass is 9.83. The molecule has 2 aromatic rings. The molecule has 0 saturated carbocycles. The molecule has 0 aromatic heterocycles. The van der Waals surface area contributed by atoms with Gasteiger partial charge in [0.15, 0.2) is 11.6 Å². The Bertz CT molecular complexity index is 948. The third kappa shape index (κ3) is 4.33. The molecule has 10 heteroatoms. The fourth-order valence-electron chi connectivity index (χ4n) is 2.56. The molecule has 0 amide bonds. The summed E-state index contributed by atoms with van der Waals surface area (Å²) >= 11 is 5.49. The quantitative estimate of drug-likeness (QED) is 0.458. The molecular formula is C16H10ClF4NO3S.